The van der Waals surface area contributed by atoms with Crippen LogP contribution < -0.4 is 0 Å². The smallest absolute Gasteiger partial charge is 0.234 e. The Bertz CT molecular complexity index is 1080. The van der Waals surface area contributed by atoms with Crippen molar-refractivity contribution in [3.8, 4) is 0 Å². The first-order valence-corrected chi connectivity index (χ1v) is 9.69. The topological polar surface area (TPSA) is 50.5 Å². The molecule has 4 aliphatic rings. The summed E-state index contributed by atoms with van der Waals surface area (Å²) in [6.45, 7) is 2.34. The van der Waals surface area contributed by atoms with Crippen molar-refractivity contribution in [3.05, 3.63) is 94.9 Å². The maximum Gasteiger partial charge on any atom is 0.234 e. The Morgan fingerprint density at radius 3 is 2.14 bits per heavy atom. The van der Waals surface area contributed by atoms with Gasteiger partial charge in [0.25, 0.3) is 0 Å². The predicted molar refractivity (Wildman–Crippen MR) is 102 cm³/mol. The van der Waals surface area contributed by atoms with E-state index in [2.05, 4.69) is 31.2 Å². The summed E-state index contributed by atoms with van der Waals surface area (Å²) in [4.78, 5) is 28.5. The Labute approximate surface area is 162 Å². The zero-order chi connectivity index (χ0) is 19.0. The number of furan rings is 1. The first kappa shape index (κ1) is 15.9. The average Bonchev–Trinajstić information content (AvgIpc) is 3.32. The minimum atomic E-state index is -0.503. The van der Waals surface area contributed by atoms with E-state index in [0.29, 0.717) is 5.76 Å². The summed E-state index contributed by atoms with van der Waals surface area (Å²) >= 11 is 0. The summed E-state index contributed by atoms with van der Waals surface area (Å²) in [5.74, 6) is -0.318. The molecule has 2 amide bonds. The van der Waals surface area contributed by atoms with Crippen molar-refractivity contribution in [2.24, 2.45) is 11.8 Å². The maximum absolute atomic E-state index is 13.6. The van der Waals surface area contributed by atoms with Gasteiger partial charge in [-0.05, 0) is 34.4 Å². The van der Waals surface area contributed by atoms with Gasteiger partial charge in [0.2, 0.25) is 11.8 Å². The van der Waals surface area contributed by atoms with Crippen LogP contribution in [0.3, 0.4) is 0 Å². The van der Waals surface area contributed by atoms with Crippen molar-refractivity contribution in [1.82, 2.24) is 4.90 Å². The predicted octanol–water partition coefficient (Wildman–Crippen LogP) is 3.85. The first-order chi connectivity index (χ1) is 13.6. The molecule has 1 fully saturated rings. The molecule has 1 saturated heterocycles. The lowest BCUT2D eigenvalue weighted by molar-refractivity contribution is -0.141. The largest absolute Gasteiger partial charge is 0.467 e. The van der Waals surface area contributed by atoms with Crippen LogP contribution in [0.25, 0.3) is 0 Å². The highest BCUT2D eigenvalue weighted by Crippen LogP contribution is 2.63. The lowest BCUT2D eigenvalue weighted by Crippen LogP contribution is -2.51. The zero-order valence-electron chi connectivity index (χ0n) is 15.5. The molecule has 2 unspecified atom stereocenters. The number of carbonyl (C=O) groups excluding carboxylic acids is 2. The Hall–Kier alpha value is -3.14. The summed E-state index contributed by atoms with van der Waals surface area (Å²) in [6, 6.07) is 20.2. The van der Waals surface area contributed by atoms with Gasteiger partial charge in [-0.2, -0.15) is 0 Å². The number of nitrogens with zero attached hydrogens (tertiary/aromatic N) is 1. The van der Waals surface area contributed by atoms with Crippen LogP contribution in [-0.2, 0) is 21.5 Å². The van der Waals surface area contributed by atoms with E-state index in [9.17, 15) is 9.59 Å². The number of amides is 2. The van der Waals surface area contributed by atoms with Gasteiger partial charge in [0, 0.05) is 11.3 Å². The van der Waals surface area contributed by atoms with Gasteiger partial charge in [0.1, 0.15) is 5.76 Å². The second kappa shape index (κ2) is 5.22. The van der Waals surface area contributed by atoms with Crippen LogP contribution in [0.4, 0.5) is 0 Å². The molecule has 0 radical (unpaired) electrons. The fourth-order valence-corrected chi connectivity index (χ4v) is 5.92. The highest BCUT2D eigenvalue weighted by atomic mass is 16.3. The second-order valence-corrected chi connectivity index (χ2v) is 8.20. The minimum Gasteiger partial charge on any atom is -0.467 e. The highest BCUT2D eigenvalue weighted by Gasteiger charge is 2.66. The summed E-state index contributed by atoms with van der Waals surface area (Å²) in [5.41, 5.74) is 4.23. The van der Waals surface area contributed by atoms with Crippen LogP contribution in [0.5, 0.6) is 0 Å². The van der Waals surface area contributed by atoms with Gasteiger partial charge in [-0.1, -0.05) is 55.5 Å². The Morgan fingerprint density at radius 1 is 0.893 bits per heavy atom. The zero-order valence-corrected chi connectivity index (χ0v) is 15.5. The van der Waals surface area contributed by atoms with Gasteiger partial charge >= 0.3 is 0 Å². The van der Waals surface area contributed by atoms with E-state index in [4.69, 9.17) is 4.42 Å². The fraction of sp³-hybridized carbons (Fsp3) is 0.250. The van der Waals surface area contributed by atoms with Crippen molar-refractivity contribution in [1.29, 1.82) is 0 Å². The van der Waals surface area contributed by atoms with Gasteiger partial charge in [-0.25, -0.2) is 0 Å². The van der Waals surface area contributed by atoms with E-state index in [1.54, 1.807) is 12.3 Å². The van der Waals surface area contributed by atoms with E-state index < -0.39 is 5.41 Å². The van der Waals surface area contributed by atoms with E-state index >= 15 is 0 Å². The minimum absolute atomic E-state index is 0.0720. The Kier molecular flexibility index (Phi) is 2.96. The lowest BCUT2D eigenvalue weighted by Gasteiger charge is -2.52. The van der Waals surface area contributed by atoms with Crippen molar-refractivity contribution >= 4 is 11.8 Å². The molecule has 0 spiro atoms. The molecule has 2 atom stereocenters. The van der Waals surface area contributed by atoms with Crippen LogP contribution >= 0.6 is 0 Å². The van der Waals surface area contributed by atoms with Gasteiger partial charge in [0.15, 0.2) is 0 Å². The van der Waals surface area contributed by atoms with Crippen molar-refractivity contribution in [2.75, 3.05) is 0 Å². The number of likely N-dealkylation sites (tertiary alicyclic amines) is 1. The van der Waals surface area contributed by atoms with E-state index in [-0.39, 0.29) is 36.1 Å². The summed E-state index contributed by atoms with van der Waals surface area (Å²) < 4.78 is 5.42. The number of hydrogen-bond donors (Lipinski definition) is 0. The van der Waals surface area contributed by atoms with E-state index in [0.717, 1.165) is 0 Å². The molecular formula is C24H19NO3. The van der Waals surface area contributed by atoms with Gasteiger partial charge in [-0.15, -0.1) is 0 Å². The SMILES string of the molecule is CC12c3ccccc3C(c3ccccc31)C1C(=O)N(Cc3ccco3)C(=O)C12. The molecule has 2 heterocycles. The summed E-state index contributed by atoms with van der Waals surface area (Å²) in [5, 5.41) is 0. The molecule has 4 nitrogen and oxygen atoms in total. The maximum atomic E-state index is 13.6. The van der Waals surface area contributed by atoms with Crippen LogP contribution in [0.15, 0.2) is 71.3 Å². The van der Waals surface area contributed by atoms with Crippen molar-refractivity contribution < 1.29 is 14.0 Å². The fourth-order valence-electron chi connectivity index (χ4n) is 5.92. The molecule has 2 aromatic carbocycles. The number of imide groups is 1. The van der Waals surface area contributed by atoms with Crippen LogP contribution in [-0.4, -0.2) is 16.7 Å². The second-order valence-electron chi connectivity index (χ2n) is 8.20. The molecule has 138 valence electrons. The third-order valence-corrected chi connectivity index (χ3v) is 7.03. The quantitative estimate of drug-likeness (QED) is 0.645. The van der Waals surface area contributed by atoms with Gasteiger partial charge in [-0.3, -0.25) is 14.5 Å². The molecule has 1 aliphatic heterocycles. The molecule has 2 bridgehead atoms. The normalized spacial score (nSPS) is 29.6. The molecule has 0 saturated carbocycles. The third kappa shape index (κ3) is 1.71. The Balaban J connectivity index is 1.58. The Morgan fingerprint density at radius 2 is 1.54 bits per heavy atom. The summed E-state index contributed by atoms with van der Waals surface area (Å²) in [6.07, 6.45) is 1.57. The molecule has 7 rings (SSSR count). The van der Waals surface area contributed by atoms with Crippen LogP contribution in [0, 0.1) is 11.8 Å². The molecular weight excluding hydrogens is 350 g/mol. The number of hydrogen-bond acceptors (Lipinski definition) is 3. The molecule has 3 aromatic rings. The third-order valence-electron chi connectivity index (χ3n) is 7.03. The molecule has 0 N–H and O–H groups in total. The highest BCUT2D eigenvalue weighted by molar-refractivity contribution is 6.08. The first-order valence-electron chi connectivity index (χ1n) is 9.69. The molecule has 28 heavy (non-hydrogen) atoms. The van der Waals surface area contributed by atoms with Crippen molar-refractivity contribution in [2.45, 2.75) is 24.8 Å². The van der Waals surface area contributed by atoms with E-state index in [1.165, 1.54) is 27.2 Å². The van der Waals surface area contributed by atoms with Gasteiger partial charge < -0.3 is 4.42 Å². The van der Waals surface area contributed by atoms with Crippen molar-refractivity contribution in [3.63, 3.8) is 0 Å². The molecule has 1 aromatic heterocycles. The monoisotopic (exact) mass is 369 g/mol. The molecule has 3 aliphatic carbocycles. The van der Waals surface area contributed by atoms with Crippen LogP contribution in [0.1, 0.15) is 40.9 Å². The molecule has 4 heteroatoms. The van der Waals surface area contributed by atoms with Crippen LogP contribution in [0.2, 0.25) is 0 Å². The average molecular weight is 369 g/mol. The van der Waals surface area contributed by atoms with Gasteiger partial charge in [0.05, 0.1) is 24.6 Å². The number of rotatable bonds is 2. The number of benzene rings is 2. The standard InChI is InChI=1S/C24H19NO3/c1-24-17-10-4-2-8-15(17)19(16-9-3-5-11-18(16)24)20-21(24)23(27)25(22(20)26)13-14-7-6-12-28-14/h2-12,19-21H,13H2,1H3. The summed E-state index contributed by atoms with van der Waals surface area (Å²) in [7, 11) is 0. The van der Waals surface area contributed by atoms with E-state index in [1.807, 2.05) is 30.3 Å². The lowest BCUT2D eigenvalue weighted by atomic mass is 9.48. The number of carbonyl (C=O) groups is 2.